The Morgan fingerprint density at radius 1 is 1.14 bits per heavy atom. The Morgan fingerprint density at radius 3 is 2.43 bits per heavy atom. The third kappa shape index (κ3) is 4.57. The van der Waals surface area contributed by atoms with Gasteiger partial charge in [0.1, 0.15) is 29.3 Å². The van der Waals surface area contributed by atoms with Crippen LogP contribution < -0.4 is 9.47 Å². The van der Waals surface area contributed by atoms with Crippen molar-refractivity contribution < 1.29 is 24.1 Å². The zero-order chi connectivity index (χ0) is 20.4. The summed E-state index contributed by atoms with van der Waals surface area (Å²) in [5, 5.41) is 11.1. The summed E-state index contributed by atoms with van der Waals surface area (Å²) in [7, 11) is 1.57. The van der Waals surface area contributed by atoms with E-state index in [1.807, 2.05) is 51.1 Å². The van der Waals surface area contributed by atoms with E-state index in [1.54, 1.807) is 25.3 Å². The standard InChI is InChI=1S/C22H27NO5/c1-21(2,3)28-20(24)23-14-22(25,15-23)18-12-17(26-4)10-11-19(18)27-13-16-8-6-5-7-9-16/h5-12,25H,13-15H2,1-4H3. The smallest absolute Gasteiger partial charge is 0.410 e. The molecule has 0 aliphatic carbocycles. The van der Waals surface area contributed by atoms with Crippen molar-refractivity contribution in [2.24, 2.45) is 0 Å². The predicted molar refractivity (Wildman–Crippen MR) is 105 cm³/mol. The number of rotatable bonds is 5. The number of amides is 1. The van der Waals surface area contributed by atoms with Gasteiger partial charge in [-0.25, -0.2) is 4.79 Å². The molecule has 0 bridgehead atoms. The van der Waals surface area contributed by atoms with E-state index in [4.69, 9.17) is 14.2 Å². The van der Waals surface area contributed by atoms with Gasteiger partial charge in [0.15, 0.2) is 0 Å². The summed E-state index contributed by atoms with van der Waals surface area (Å²) in [5.41, 5.74) is -0.162. The molecule has 28 heavy (non-hydrogen) atoms. The highest BCUT2D eigenvalue weighted by Crippen LogP contribution is 2.40. The maximum Gasteiger partial charge on any atom is 0.410 e. The Hall–Kier alpha value is -2.73. The summed E-state index contributed by atoms with van der Waals surface area (Å²) in [6, 6.07) is 15.1. The van der Waals surface area contributed by atoms with Crippen LogP contribution in [0.25, 0.3) is 0 Å². The van der Waals surface area contributed by atoms with Gasteiger partial charge < -0.3 is 24.2 Å². The fourth-order valence-corrected chi connectivity index (χ4v) is 3.07. The summed E-state index contributed by atoms with van der Waals surface area (Å²) in [6.07, 6.45) is -0.438. The maximum atomic E-state index is 12.2. The number of methoxy groups -OCH3 is 1. The number of hydrogen-bond donors (Lipinski definition) is 1. The van der Waals surface area contributed by atoms with E-state index in [-0.39, 0.29) is 13.1 Å². The fraction of sp³-hybridized carbons (Fsp3) is 0.409. The molecule has 0 unspecified atom stereocenters. The maximum absolute atomic E-state index is 12.2. The molecule has 1 saturated heterocycles. The van der Waals surface area contributed by atoms with Crippen LogP contribution in [0.15, 0.2) is 48.5 Å². The van der Waals surface area contributed by atoms with Crippen molar-refractivity contribution in [3.05, 3.63) is 59.7 Å². The lowest BCUT2D eigenvalue weighted by atomic mass is 9.85. The molecule has 1 N–H and O–H groups in total. The largest absolute Gasteiger partial charge is 0.497 e. The lowest BCUT2D eigenvalue weighted by Crippen LogP contribution is -2.62. The Labute approximate surface area is 165 Å². The second-order valence-electron chi connectivity index (χ2n) is 8.00. The molecule has 150 valence electrons. The first-order valence-electron chi connectivity index (χ1n) is 9.26. The van der Waals surface area contributed by atoms with Gasteiger partial charge in [-0.3, -0.25) is 0 Å². The molecule has 0 atom stereocenters. The Morgan fingerprint density at radius 2 is 1.82 bits per heavy atom. The molecule has 0 aromatic heterocycles. The normalized spacial score (nSPS) is 15.5. The van der Waals surface area contributed by atoms with Gasteiger partial charge in [-0.05, 0) is 44.5 Å². The second-order valence-corrected chi connectivity index (χ2v) is 8.00. The molecule has 2 aromatic rings. The van der Waals surface area contributed by atoms with Crippen molar-refractivity contribution in [1.82, 2.24) is 4.90 Å². The first-order chi connectivity index (χ1) is 13.2. The summed E-state index contributed by atoms with van der Waals surface area (Å²) >= 11 is 0. The summed E-state index contributed by atoms with van der Waals surface area (Å²) in [5.74, 6) is 1.18. The van der Waals surface area contributed by atoms with Gasteiger partial charge >= 0.3 is 6.09 Å². The molecule has 2 aromatic carbocycles. The third-order valence-corrected chi connectivity index (χ3v) is 4.48. The molecule has 0 spiro atoms. The Kier molecular flexibility index (Phi) is 5.52. The highest BCUT2D eigenvalue weighted by Gasteiger charge is 2.48. The van der Waals surface area contributed by atoms with E-state index in [0.29, 0.717) is 23.7 Å². The van der Waals surface area contributed by atoms with Crippen molar-refractivity contribution in [2.75, 3.05) is 20.2 Å². The number of aliphatic hydroxyl groups is 1. The molecule has 1 aliphatic heterocycles. The van der Waals surface area contributed by atoms with Gasteiger partial charge in [-0.2, -0.15) is 0 Å². The molecule has 1 fully saturated rings. The van der Waals surface area contributed by atoms with E-state index in [0.717, 1.165) is 5.56 Å². The Balaban J connectivity index is 1.75. The summed E-state index contributed by atoms with van der Waals surface area (Å²) in [6.45, 7) is 6.09. The van der Waals surface area contributed by atoms with Crippen LogP contribution in [-0.2, 0) is 16.9 Å². The van der Waals surface area contributed by atoms with Crippen LogP contribution in [0.1, 0.15) is 31.9 Å². The SMILES string of the molecule is COc1ccc(OCc2ccccc2)c(C2(O)CN(C(=O)OC(C)(C)C)C2)c1. The molecule has 3 rings (SSSR count). The van der Waals surface area contributed by atoms with E-state index in [1.165, 1.54) is 4.90 Å². The minimum Gasteiger partial charge on any atom is -0.497 e. The van der Waals surface area contributed by atoms with Gasteiger partial charge in [-0.1, -0.05) is 30.3 Å². The van der Waals surface area contributed by atoms with Gasteiger partial charge in [0.05, 0.1) is 20.2 Å². The van der Waals surface area contributed by atoms with Crippen molar-refractivity contribution in [1.29, 1.82) is 0 Å². The van der Waals surface area contributed by atoms with Gasteiger partial charge in [-0.15, -0.1) is 0 Å². The van der Waals surface area contributed by atoms with E-state index in [2.05, 4.69) is 0 Å². The van der Waals surface area contributed by atoms with Crippen LogP contribution in [0, 0.1) is 0 Å². The number of likely N-dealkylation sites (tertiary alicyclic amines) is 1. The third-order valence-electron chi connectivity index (χ3n) is 4.48. The molecule has 0 saturated carbocycles. The van der Waals surface area contributed by atoms with Crippen LogP contribution in [0.2, 0.25) is 0 Å². The molecule has 1 heterocycles. The molecule has 0 radical (unpaired) electrons. The number of β-amino-alcohol motifs (C(OH)–C–C–N with tert-alkyl or cyclic N) is 1. The van der Waals surface area contributed by atoms with E-state index >= 15 is 0 Å². The topological polar surface area (TPSA) is 68.2 Å². The second kappa shape index (κ2) is 7.72. The molecule has 1 aliphatic rings. The molecule has 6 nitrogen and oxygen atoms in total. The van der Waals surface area contributed by atoms with Gasteiger partial charge in [0, 0.05) is 5.56 Å². The van der Waals surface area contributed by atoms with E-state index in [9.17, 15) is 9.90 Å². The van der Waals surface area contributed by atoms with Crippen molar-refractivity contribution >= 4 is 6.09 Å². The van der Waals surface area contributed by atoms with Gasteiger partial charge in [0.25, 0.3) is 0 Å². The number of carbonyl (C=O) groups is 1. The first kappa shape index (κ1) is 20.0. The number of hydrogen-bond acceptors (Lipinski definition) is 5. The minimum atomic E-state index is -1.21. The number of nitrogens with zero attached hydrogens (tertiary/aromatic N) is 1. The number of carbonyl (C=O) groups excluding carboxylic acids is 1. The first-order valence-corrected chi connectivity index (χ1v) is 9.26. The van der Waals surface area contributed by atoms with Crippen molar-refractivity contribution in [3.8, 4) is 11.5 Å². The highest BCUT2D eigenvalue weighted by molar-refractivity contribution is 5.70. The summed E-state index contributed by atoms with van der Waals surface area (Å²) in [4.78, 5) is 13.7. The molecule has 6 heteroatoms. The molecule has 1 amide bonds. The number of ether oxygens (including phenoxy) is 3. The van der Waals surface area contributed by atoms with E-state index < -0.39 is 17.3 Å². The van der Waals surface area contributed by atoms with Crippen LogP contribution in [0.3, 0.4) is 0 Å². The van der Waals surface area contributed by atoms with Crippen molar-refractivity contribution in [3.63, 3.8) is 0 Å². The quantitative estimate of drug-likeness (QED) is 0.850. The highest BCUT2D eigenvalue weighted by atomic mass is 16.6. The lowest BCUT2D eigenvalue weighted by Gasteiger charge is -2.46. The lowest BCUT2D eigenvalue weighted by molar-refractivity contribution is -0.104. The zero-order valence-electron chi connectivity index (χ0n) is 16.8. The van der Waals surface area contributed by atoms with Crippen LogP contribution in [0.4, 0.5) is 4.79 Å². The number of benzene rings is 2. The summed E-state index contributed by atoms with van der Waals surface area (Å²) < 4.78 is 16.6. The Bertz CT molecular complexity index is 823. The van der Waals surface area contributed by atoms with Crippen LogP contribution in [-0.4, -0.2) is 41.9 Å². The van der Waals surface area contributed by atoms with Crippen molar-refractivity contribution in [2.45, 2.75) is 38.6 Å². The average Bonchev–Trinajstić information content (AvgIpc) is 2.63. The zero-order valence-corrected chi connectivity index (χ0v) is 16.8. The average molecular weight is 385 g/mol. The van der Waals surface area contributed by atoms with Crippen LogP contribution in [0.5, 0.6) is 11.5 Å². The molecular weight excluding hydrogens is 358 g/mol. The van der Waals surface area contributed by atoms with Crippen LogP contribution >= 0.6 is 0 Å². The monoisotopic (exact) mass is 385 g/mol. The predicted octanol–water partition coefficient (Wildman–Crippen LogP) is 3.71. The molecular formula is C22H27NO5. The minimum absolute atomic E-state index is 0.136. The fourth-order valence-electron chi connectivity index (χ4n) is 3.07. The van der Waals surface area contributed by atoms with Gasteiger partial charge in [0.2, 0.25) is 0 Å².